The highest BCUT2D eigenvalue weighted by molar-refractivity contribution is 6.30. The molecule has 0 aliphatic heterocycles. The molecular formula is C16H14Cl2N2O4. The second kappa shape index (κ2) is 11.2. The molecule has 0 aliphatic carbocycles. The molecule has 2 rings (SSSR count). The normalized spacial score (nSPS) is 9.25. The summed E-state index contributed by atoms with van der Waals surface area (Å²) in [6.45, 7) is 0.841. The molecular weight excluding hydrogens is 355 g/mol. The quantitative estimate of drug-likeness (QED) is 0.592. The lowest BCUT2D eigenvalue weighted by atomic mass is 10.2. The highest BCUT2D eigenvalue weighted by Gasteiger charge is 1.99. The van der Waals surface area contributed by atoms with Crippen LogP contribution in [-0.4, -0.2) is 12.6 Å². The van der Waals surface area contributed by atoms with Crippen LogP contribution in [0.4, 0.5) is 4.79 Å². The summed E-state index contributed by atoms with van der Waals surface area (Å²) in [7, 11) is 0. The van der Waals surface area contributed by atoms with E-state index in [1.165, 1.54) is 0 Å². The van der Waals surface area contributed by atoms with Crippen molar-refractivity contribution >= 4 is 35.8 Å². The third-order valence-electron chi connectivity index (χ3n) is 2.60. The molecule has 126 valence electrons. The van der Waals surface area contributed by atoms with E-state index in [1.54, 1.807) is 36.4 Å². The molecule has 0 saturated heterocycles. The zero-order chi connectivity index (χ0) is 17.8. The van der Waals surface area contributed by atoms with Crippen molar-refractivity contribution in [3.8, 4) is 0 Å². The largest absolute Gasteiger partial charge is 0.463 e. The average molecular weight is 369 g/mol. The van der Waals surface area contributed by atoms with Crippen LogP contribution in [0.25, 0.3) is 0 Å². The summed E-state index contributed by atoms with van der Waals surface area (Å²) in [4.78, 5) is 20.2. The topological polar surface area (TPSA) is 88.8 Å². The minimum absolute atomic E-state index is 0.110. The van der Waals surface area contributed by atoms with Gasteiger partial charge in [-0.15, -0.1) is 0 Å². The van der Waals surface area contributed by atoms with E-state index in [0.29, 0.717) is 23.1 Å². The molecule has 0 bridgehead atoms. The van der Waals surface area contributed by atoms with E-state index >= 15 is 0 Å². The highest BCUT2D eigenvalue weighted by atomic mass is 35.5. The summed E-state index contributed by atoms with van der Waals surface area (Å²) in [5, 5.41) is 3.89. The number of hydrogen-bond acceptors (Lipinski definition) is 5. The molecule has 0 unspecified atom stereocenters. The Labute approximate surface area is 148 Å². The maximum absolute atomic E-state index is 10.4. The molecule has 2 aromatic rings. The van der Waals surface area contributed by atoms with Gasteiger partial charge in [-0.25, -0.2) is 4.79 Å². The highest BCUT2D eigenvalue weighted by Crippen LogP contribution is 2.10. The number of carbonyl (C=O) groups is 2. The number of nitrogens with zero attached hydrogens (tertiary/aromatic N) is 1. The molecule has 0 aromatic heterocycles. The summed E-state index contributed by atoms with van der Waals surface area (Å²) in [5.41, 5.74) is 8.08. The molecule has 0 aliphatic rings. The van der Waals surface area contributed by atoms with E-state index in [0.717, 1.165) is 11.1 Å². The summed E-state index contributed by atoms with van der Waals surface area (Å²) in [6.07, 6.45) is -0.894. The van der Waals surface area contributed by atoms with Crippen LogP contribution in [0, 0.1) is 5.53 Å². The van der Waals surface area contributed by atoms with Gasteiger partial charge >= 0.3 is 6.09 Å². The lowest BCUT2D eigenvalue weighted by molar-refractivity contribution is -0.129. The maximum atomic E-state index is 10.4. The van der Waals surface area contributed by atoms with Crippen LogP contribution in [0.15, 0.2) is 53.6 Å². The van der Waals surface area contributed by atoms with Gasteiger partial charge in [-0.3, -0.25) is 4.79 Å². The zero-order valence-electron chi connectivity index (χ0n) is 12.4. The Balaban J connectivity index is 0.000000243. The number of ether oxygens (including phenoxy) is 2. The first-order valence-electron chi connectivity index (χ1n) is 6.63. The Kier molecular flexibility index (Phi) is 9.11. The number of rotatable bonds is 5. The van der Waals surface area contributed by atoms with Gasteiger partial charge in [-0.05, 0) is 35.4 Å². The SMILES string of the molecule is N=NC(=O)OCc1ccc(Cl)cc1.O=COCc1ccc(Cl)cc1. The van der Waals surface area contributed by atoms with Crippen molar-refractivity contribution < 1.29 is 19.1 Å². The average Bonchev–Trinajstić information content (AvgIpc) is 2.61. The Morgan fingerprint density at radius 3 is 1.83 bits per heavy atom. The Morgan fingerprint density at radius 2 is 1.42 bits per heavy atom. The third kappa shape index (κ3) is 8.26. The van der Waals surface area contributed by atoms with Gasteiger partial charge in [0.2, 0.25) is 0 Å². The molecule has 0 heterocycles. The van der Waals surface area contributed by atoms with Crippen LogP contribution in [0.3, 0.4) is 0 Å². The molecule has 0 saturated carbocycles. The second-order valence-corrected chi connectivity index (χ2v) is 5.20. The number of nitrogens with one attached hydrogen (secondary N) is 1. The predicted octanol–water partition coefficient (Wildman–Crippen LogP) is 5.02. The van der Waals surface area contributed by atoms with Crippen LogP contribution in [-0.2, 0) is 27.5 Å². The summed E-state index contributed by atoms with van der Waals surface area (Å²) < 4.78 is 9.12. The third-order valence-corrected chi connectivity index (χ3v) is 3.10. The van der Waals surface area contributed by atoms with Crippen molar-refractivity contribution in [3.63, 3.8) is 0 Å². The number of benzene rings is 2. The summed E-state index contributed by atoms with van der Waals surface area (Å²) in [5.74, 6) is 0. The molecule has 0 spiro atoms. The maximum Gasteiger partial charge on any atom is 0.452 e. The smallest absolute Gasteiger partial charge is 0.452 e. The molecule has 2 aromatic carbocycles. The molecule has 0 radical (unpaired) electrons. The van der Waals surface area contributed by atoms with Gasteiger partial charge in [0.15, 0.2) is 0 Å². The van der Waals surface area contributed by atoms with Crippen molar-refractivity contribution in [2.24, 2.45) is 5.11 Å². The number of carbonyl (C=O) groups excluding carboxylic acids is 2. The molecule has 1 N–H and O–H groups in total. The molecule has 0 atom stereocenters. The number of halogens is 2. The van der Waals surface area contributed by atoms with Crippen molar-refractivity contribution in [2.45, 2.75) is 13.2 Å². The molecule has 24 heavy (non-hydrogen) atoms. The van der Waals surface area contributed by atoms with Crippen LogP contribution in [0.1, 0.15) is 11.1 Å². The van der Waals surface area contributed by atoms with Crippen molar-refractivity contribution in [2.75, 3.05) is 0 Å². The minimum atomic E-state index is -0.894. The van der Waals surface area contributed by atoms with E-state index in [9.17, 15) is 9.59 Å². The Bertz CT molecular complexity index is 661. The second-order valence-electron chi connectivity index (χ2n) is 4.33. The standard InChI is InChI=1S/C8H7ClN2O2.C8H7ClO2/c9-7-3-1-6(2-4-7)5-13-8(12)11-10;9-8-3-1-7(2-4-8)5-11-6-10/h1-4,10H,5H2;1-4,6H,5H2. The van der Waals surface area contributed by atoms with Gasteiger partial charge in [0, 0.05) is 10.0 Å². The molecule has 8 heteroatoms. The Hall–Kier alpha value is -2.44. The lowest BCUT2D eigenvalue weighted by Gasteiger charge is -2.00. The van der Waals surface area contributed by atoms with Crippen LogP contribution < -0.4 is 0 Å². The van der Waals surface area contributed by atoms with E-state index in [2.05, 4.69) is 14.6 Å². The van der Waals surface area contributed by atoms with Crippen LogP contribution >= 0.6 is 23.2 Å². The summed E-state index contributed by atoms with van der Waals surface area (Å²) in [6, 6.07) is 14.0. The van der Waals surface area contributed by atoms with Gasteiger partial charge in [0.1, 0.15) is 13.2 Å². The monoisotopic (exact) mass is 368 g/mol. The fourth-order valence-corrected chi connectivity index (χ4v) is 1.72. The van der Waals surface area contributed by atoms with Crippen LogP contribution in [0.2, 0.25) is 10.0 Å². The predicted molar refractivity (Wildman–Crippen MR) is 89.1 cm³/mol. The van der Waals surface area contributed by atoms with Crippen molar-refractivity contribution in [1.29, 1.82) is 5.53 Å². The van der Waals surface area contributed by atoms with Gasteiger partial charge in [0.25, 0.3) is 6.47 Å². The first-order chi connectivity index (χ1) is 11.5. The minimum Gasteiger partial charge on any atom is -0.463 e. The van der Waals surface area contributed by atoms with E-state index in [-0.39, 0.29) is 6.61 Å². The number of amides is 1. The van der Waals surface area contributed by atoms with Gasteiger partial charge in [0.05, 0.1) is 0 Å². The molecule has 0 fully saturated rings. The Morgan fingerprint density at radius 1 is 0.958 bits per heavy atom. The van der Waals surface area contributed by atoms with Gasteiger partial charge < -0.3 is 9.47 Å². The van der Waals surface area contributed by atoms with E-state index in [4.69, 9.17) is 28.7 Å². The van der Waals surface area contributed by atoms with E-state index < -0.39 is 6.09 Å². The molecule has 1 amide bonds. The van der Waals surface area contributed by atoms with Gasteiger partial charge in [-0.2, -0.15) is 5.53 Å². The molecule has 6 nitrogen and oxygen atoms in total. The summed E-state index contributed by atoms with van der Waals surface area (Å²) >= 11 is 11.3. The number of hydrogen-bond donors (Lipinski definition) is 1. The van der Waals surface area contributed by atoms with E-state index in [1.807, 2.05) is 12.1 Å². The van der Waals surface area contributed by atoms with Crippen LogP contribution in [0.5, 0.6) is 0 Å². The first-order valence-corrected chi connectivity index (χ1v) is 7.39. The first kappa shape index (κ1) is 19.6. The van der Waals surface area contributed by atoms with Gasteiger partial charge in [-0.1, -0.05) is 52.6 Å². The fraction of sp³-hybridized carbons (Fsp3) is 0.125. The fourth-order valence-electron chi connectivity index (χ4n) is 1.47. The zero-order valence-corrected chi connectivity index (χ0v) is 14.0. The van der Waals surface area contributed by atoms with Crippen molar-refractivity contribution in [3.05, 3.63) is 69.7 Å². The van der Waals surface area contributed by atoms with Crippen molar-refractivity contribution in [1.82, 2.24) is 0 Å². The lowest BCUT2D eigenvalue weighted by Crippen LogP contribution is -1.97.